The number of halogens is 2. The van der Waals surface area contributed by atoms with Crippen LogP contribution < -0.4 is 5.32 Å². The summed E-state index contributed by atoms with van der Waals surface area (Å²) in [6.45, 7) is 2.17. The first-order valence-electron chi connectivity index (χ1n) is 5.38. The van der Waals surface area contributed by atoms with Gasteiger partial charge in [0.25, 0.3) is 0 Å². The quantitative estimate of drug-likeness (QED) is 0.788. The summed E-state index contributed by atoms with van der Waals surface area (Å²) in [5.74, 6) is -0.470. The molecule has 1 aliphatic rings. The number of hydrogen-bond acceptors (Lipinski definition) is 1. The fraction of sp³-hybridized carbons (Fsp3) is 0.500. The van der Waals surface area contributed by atoms with Crippen LogP contribution in [-0.2, 0) is 0 Å². The molecule has 0 aromatic heterocycles. The van der Waals surface area contributed by atoms with Crippen LogP contribution in [0.5, 0.6) is 0 Å². The highest BCUT2D eigenvalue weighted by atomic mass is 19.1. The molecule has 0 heterocycles. The van der Waals surface area contributed by atoms with Crippen LogP contribution in [-0.4, -0.2) is 6.04 Å². The first kappa shape index (κ1) is 10.4. The highest BCUT2D eigenvalue weighted by Gasteiger charge is 2.23. The normalized spacial score (nSPS) is 25.5. The maximum atomic E-state index is 12.9. The van der Waals surface area contributed by atoms with Crippen molar-refractivity contribution in [3.05, 3.63) is 29.8 Å². The van der Waals surface area contributed by atoms with Gasteiger partial charge in [0.2, 0.25) is 0 Å². The Balaban J connectivity index is 2.10. The Labute approximate surface area is 88.5 Å². The zero-order chi connectivity index (χ0) is 10.8. The van der Waals surface area contributed by atoms with E-state index in [2.05, 4.69) is 12.2 Å². The first-order valence-corrected chi connectivity index (χ1v) is 5.38. The van der Waals surface area contributed by atoms with Gasteiger partial charge in [0.05, 0.1) is 0 Å². The number of rotatable bonds is 2. The van der Waals surface area contributed by atoms with E-state index in [4.69, 9.17) is 0 Å². The van der Waals surface area contributed by atoms with Crippen molar-refractivity contribution in [1.29, 1.82) is 0 Å². The SMILES string of the molecule is C[C@@H]1CCC[C@H]1Nc1cc(F)cc(F)c1. The highest BCUT2D eigenvalue weighted by Crippen LogP contribution is 2.28. The van der Waals surface area contributed by atoms with Crippen molar-refractivity contribution in [2.45, 2.75) is 32.2 Å². The smallest absolute Gasteiger partial charge is 0.128 e. The van der Waals surface area contributed by atoms with Crippen LogP contribution in [0.25, 0.3) is 0 Å². The zero-order valence-electron chi connectivity index (χ0n) is 8.76. The maximum absolute atomic E-state index is 12.9. The van der Waals surface area contributed by atoms with Crippen LogP contribution in [0.1, 0.15) is 26.2 Å². The second kappa shape index (κ2) is 4.17. The zero-order valence-corrected chi connectivity index (χ0v) is 8.76. The fourth-order valence-electron chi connectivity index (χ4n) is 2.21. The molecule has 0 aliphatic heterocycles. The predicted molar refractivity (Wildman–Crippen MR) is 56.8 cm³/mol. The van der Waals surface area contributed by atoms with Gasteiger partial charge >= 0.3 is 0 Å². The summed E-state index contributed by atoms with van der Waals surface area (Å²) in [5, 5.41) is 3.19. The van der Waals surface area contributed by atoms with Crippen LogP contribution in [0.4, 0.5) is 14.5 Å². The van der Waals surface area contributed by atoms with Crippen molar-refractivity contribution < 1.29 is 8.78 Å². The lowest BCUT2D eigenvalue weighted by molar-refractivity contribution is 0.552. The Bertz CT molecular complexity index is 331. The third-order valence-corrected chi connectivity index (χ3v) is 3.08. The molecule has 0 radical (unpaired) electrons. The van der Waals surface area contributed by atoms with Crippen molar-refractivity contribution in [3.63, 3.8) is 0 Å². The van der Waals surface area contributed by atoms with Gasteiger partial charge in [-0.2, -0.15) is 0 Å². The van der Waals surface area contributed by atoms with Gasteiger partial charge in [0, 0.05) is 17.8 Å². The first-order chi connectivity index (χ1) is 7.15. The van der Waals surface area contributed by atoms with Crippen molar-refractivity contribution >= 4 is 5.69 Å². The third-order valence-electron chi connectivity index (χ3n) is 3.08. The molecule has 2 atom stereocenters. The van der Waals surface area contributed by atoms with Gasteiger partial charge in [-0.25, -0.2) is 8.78 Å². The summed E-state index contributed by atoms with van der Waals surface area (Å²) in [6.07, 6.45) is 3.46. The predicted octanol–water partition coefficient (Wildman–Crippen LogP) is 3.57. The molecule has 82 valence electrons. The molecule has 1 N–H and O–H groups in total. The van der Waals surface area contributed by atoms with Gasteiger partial charge in [0.1, 0.15) is 11.6 Å². The van der Waals surface area contributed by atoms with Crippen molar-refractivity contribution in [2.24, 2.45) is 5.92 Å². The highest BCUT2D eigenvalue weighted by molar-refractivity contribution is 5.44. The molecule has 1 nitrogen and oxygen atoms in total. The van der Waals surface area contributed by atoms with E-state index in [1.165, 1.54) is 25.0 Å². The third kappa shape index (κ3) is 2.46. The van der Waals surface area contributed by atoms with Gasteiger partial charge < -0.3 is 5.32 Å². The average molecular weight is 211 g/mol. The monoisotopic (exact) mass is 211 g/mol. The van der Waals surface area contributed by atoms with E-state index in [1.54, 1.807) is 0 Å². The van der Waals surface area contributed by atoms with Gasteiger partial charge in [-0.15, -0.1) is 0 Å². The van der Waals surface area contributed by atoms with E-state index in [0.29, 0.717) is 17.6 Å². The van der Waals surface area contributed by atoms with E-state index >= 15 is 0 Å². The van der Waals surface area contributed by atoms with Crippen molar-refractivity contribution in [3.8, 4) is 0 Å². The average Bonchev–Trinajstić information content (AvgIpc) is 2.50. The lowest BCUT2D eigenvalue weighted by Crippen LogP contribution is -2.21. The Kier molecular flexibility index (Phi) is 2.89. The Morgan fingerprint density at radius 3 is 2.33 bits per heavy atom. The molecule has 15 heavy (non-hydrogen) atoms. The molecule has 0 bridgehead atoms. The van der Waals surface area contributed by atoms with Crippen LogP contribution in [0.2, 0.25) is 0 Å². The number of hydrogen-bond donors (Lipinski definition) is 1. The molecular weight excluding hydrogens is 196 g/mol. The molecular formula is C12H15F2N. The molecule has 1 fully saturated rings. The van der Waals surface area contributed by atoms with Gasteiger partial charge in [-0.05, 0) is 30.9 Å². The summed E-state index contributed by atoms with van der Waals surface area (Å²) in [4.78, 5) is 0. The Morgan fingerprint density at radius 1 is 1.13 bits per heavy atom. The molecule has 1 aliphatic carbocycles. The van der Waals surface area contributed by atoms with E-state index < -0.39 is 11.6 Å². The lowest BCUT2D eigenvalue weighted by Gasteiger charge is -2.18. The van der Waals surface area contributed by atoms with Gasteiger partial charge in [-0.3, -0.25) is 0 Å². The summed E-state index contributed by atoms with van der Waals surface area (Å²) in [6, 6.07) is 3.93. The molecule has 1 saturated carbocycles. The van der Waals surface area contributed by atoms with Crippen LogP contribution in [0.3, 0.4) is 0 Å². The summed E-state index contributed by atoms with van der Waals surface area (Å²) >= 11 is 0. The van der Waals surface area contributed by atoms with E-state index in [-0.39, 0.29) is 0 Å². The molecule has 0 amide bonds. The van der Waals surface area contributed by atoms with Crippen LogP contribution >= 0.6 is 0 Å². The molecule has 0 spiro atoms. The molecule has 3 heteroatoms. The largest absolute Gasteiger partial charge is 0.382 e. The summed E-state index contributed by atoms with van der Waals surface area (Å²) in [7, 11) is 0. The standard InChI is InChI=1S/C12H15F2N/c1-8-3-2-4-12(8)15-11-6-9(13)5-10(14)7-11/h5-8,12,15H,2-4H2,1H3/t8-,12-/m1/s1. The molecule has 2 rings (SSSR count). The number of anilines is 1. The lowest BCUT2D eigenvalue weighted by atomic mass is 10.1. The van der Waals surface area contributed by atoms with E-state index in [0.717, 1.165) is 12.5 Å². The van der Waals surface area contributed by atoms with Crippen LogP contribution in [0, 0.1) is 17.6 Å². The Morgan fingerprint density at radius 2 is 1.80 bits per heavy atom. The minimum absolute atomic E-state index is 0.353. The summed E-state index contributed by atoms with van der Waals surface area (Å²) < 4.78 is 25.8. The number of benzene rings is 1. The topological polar surface area (TPSA) is 12.0 Å². The minimum atomic E-state index is -0.525. The van der Waals surface area contributed by atoms with E-state index in [9.17, 15) is 8.78 Å². The number of nitrogens with one attached hydrogen (secondary N) is 1. The van der Waals surface area contributed by atoms with Crippen molar-refractivity contribution in [2.75, 3.05) is 5.32 Å². The molecule has 1 aromatic carbocycles. The van der Waals surface area contributed by atoms with Crippen LogP contribution in [0.15, 0.2) is 18.2 Å². The van der Waals surface area contributed by atoms with Crippen molar-refractivity contribution in [1.82, 2.24) is 0 Å². The van der Waals surface area contributed by atoms with Gasteiger partial charge in [-0.1, -0.05) is 13.3 Å². The second-order valence-electron chi connectivity index (χ2n) is 4.32. The second-order valence-corrected chi connectivity index (χ2v) is 4.32. The molecule has 1 aromatic rings. The van der Waals surface area contributed by atoms with E-state index in [1.807, 2.05) is 0 Å². The fourth-order valence-corrected chi connectivity index (χ4v) is 2.21. The maximum Gasteiger partial charge on any atom is 0.128 e. The molecule has 0 unspecified atom stereocenters. The molecule has 0 saturated heterocycles. The Hall–Kier alpha value is -1.12. The minimum Gasteiger partial charge on any atom is -0.382 e. The van der Waals surface area contributed by atoms with Gasteiger partial charge in [0.15, 0.2) is 0 Å². The summed E-state index contributed by atoms with van der Waals surface area (Å²) in [5.41, 5.74) is 0.547.